The summed E-state index contributed by atoms with van der Waals surface area (Å²) in [5, 5.41) is 11.6. The third kappa shape index (κ3) is 4.48. The van der Waals surface area contributed by atoms with Crippen LogP contribution in [0.25, 0.3) is 11.5 Å². The molecule has 2 N–H and O–H groups in total. The number of piperidine rings is 3. The van der Waals surface area contributed by atoms with E-state index in [1.165, 1.54) is 0 Å². The van der Waals surface area contributed by atoms with Crippen molar-refractivity contribution in [3.63, 3.8) is 0 Å². The van der Waals surface area contributed by atoms with Crippen LogP contribution in [0.1, 0.15) is 43.1 Å². The topological polar surface area (TPSA) is 109 Å². The minimum absolute atomic E-state index is 0.0316. The van der Waals surface area contributed by atoms with Gasteiger partial charge in [0.05, 0.1) is 12.7 Å². The Labute approximate surface area is 169 Å². The number of nitrogens with zero attached hydrogens (tertiary/aromatic N) is 3. The van der Waals surface area contributed by atoms with Gasteiger partial charge < -0.3 is 14.8 Å². The molecule has 0 radical (unpaired) electrons. The second kappa shape index (κ2) is 8.32. The number of carboxylic acids is 1. The summed E-state index contributed by atoms with van der Waals surface area (Å²) in [6, 6.07) is 6.11. The van der Waals surface area contributed by atoms with Gasteiger partial charge in [-0.3, -0.25) is 14.5 Å². The maximum Gasteiger partial charge on any atom is 0.303 e. The van der Waals surface area contributed by atoms with Crippen molar-refractivity contribution >= 4 is 11.9 Å². The van der Waals surface area contributed by atoms with Gasteiger partial charge in [-0.05, 0) is 50.4 Å². The Bertz CT molecular complexity index is 883. The van der Waals surface area contributed by atoms with E-state index in [0.717, 1.165) is 48.9 Å². The lowest BCUT2D eigenvalue weighted by atomic mass is 9.74. The van der Waals surface area contributed by atoms with Gasteiger partial charge in [0.1, 0.15) is 11.5 Å². The van der Waals surface area contributed by atoms with E-state index in [4.69, 9.17) is 14.5 Å². The van der Waals surface area contributed by atoms with Crippen LogP contribution in [0.4, 0.5) is 0 Å². The smallest absolute Gasteiger partial charge is 0.303 e. The summed E-state index contributed by atoms with van der Waals surface area (Å²) < 4.78 is 5.51. The fourth-order valence-corrected chi connectivity index (χ4v) is 4.56. The van der Waals surface area contributed by atoms with Gasteiger partial charge in [-0.2, -0.15) is 0 Å². The van der Waals surface area contributed by atoms with Gasteiger partial charge in [-0.25, -0.2) is 9.97 Å². The van der Waals surface area contributed by atoms with Crippen molar-refractivity contribution in [1.82, 2.24) is 20.2 Å². The molecular weight excluding hydrogens is 372 g/mol. The van der Waals surface area contributed by atoms with Crippen LogP contribution in [0, 0.1) is 12.8 Å². The van der Waals surface area contributed by atoms with Crippen LogP contribution in [0.3, 0.4) is 0 Å². The number of furan rings is 1. The molecule has 3 saturated heterocycles. The van der Waals surface area contributed by atoms with Crippen molar-refractivity contribution in [2.24, 2.45) is 5.92 Å². The number of fused-ring (bicyclic) bond motifs is 3. The van der Waals surface area contributed by atoms with E-state index in [9.17, 15) is 9.59 Å². The molecule has 5 rings (SSSR count). The molecule has 0 saturated carbocycles. The molecule has 3 aliphatic rings. The highest BCUT2D eigenvalue weighted by atomic mass is 16.4. The summed E-state index contributed by atoms with van der Waals surface area (Å²) in [4.78, 5) is 34.1. The van der Waals surface area contributed by atoms with Gasteiger partial charge in [-0.1, -0.05) is 0 Å². The highest BCUT2D eigenvalue weighted by molar-refractivity contribution is 5.80. The number of amides is 1. The van der Waals surface area contributed by atoms with Crippen LogP contribution in [-0.4, -0.2) is 57.5 Å². The number of hydrogen-bond acceptors (Lipinski definition) is 6. The molecule has 0 spiro atoms. The quantitative estimate of drug-likeness (QED) is 0.736. The molecule has 154 valence electrons. The highest BCUT2D eigenvalue weighted by Gasteiger charge is 2.41. The summed E-state index contributed by atoms with van der Waals surface area (Å²) in [5.41, 5.74) is 1.87. The maximum atomic E-state index is 11.9. The predicted octanol–water partition coefficient (Wildman–Crippen LogP) is 2.20. The summed E-state index contributed by atoms with van der Waals surface area (Å²) in [7, 11) is 0. The first-order chi connectivity index (χ1) is 14.0. The van der Waals surface area contributed by atoms with E-state index < -0.39 is 5.97 Å². The predicted molar refractivity (Wildman–Crippen MR) is 105 cm³/mol. The van der Waals surface area contributed by atoms with Crippen molar-refractivity contribution in [2.45, 2.75) is 44.6 Å². The number of rotatable bonds is 7. The number of carbonyl (C=O) groups is 2. The van der Waals surface area contributed by atoms with Crippen LogP contribution in [0.15, 0.2) is 28.9 Å². The van der Waals surface area contributed by atoms with Crippen LogP contribution in [-0.2, 0) is 9.59 Å². The zero-order valence-corrected chi connectivity index (χ0v) is 16.5. The average molecular weight is 398 g/mol. The van der Waals surface area contributed by atoms with Crippen molar-refractivity contribution in [1.29, 1.82) is 0 Å². The number of carbonyl (C=O) groups excluding carboxylic acids is 1. The lowest BCUT2D eigenvalue weighted by molar-refractivity contribution is -0.138. The zero-order chi connectivity index (χ0) is 20.4. The van der Waals surface area contributed by atoms with E-state index in [-0.39, 0.29) is 18.7 Å². The minimum Gasteiger partial charge on any atom is -0.481 e. The van der Waals surface area contributed by atoms with Crippen LogP contribution >= 0.6 is 0 Å². The zero-order valence-electron chi connectivity index (χ0n) is 16.5. The van der Waals surface area contributed by atoms with Crippen LogP contribution in [0.2, 0.25) is 0 Å². The fraction of sp³-hybridized carbons (Fsp3) is 0.524. The lowest BCUT2D eigenvalue weighted by Crippen LogP contribution is -2.56. The van der Waals surface area contributed by atoms with Gasteiger partial charge in [-0.15, -0.1) is 0 Å². The second-order valence-electron chi connectivity index (χ2n) is 7.94. The molecule has 8 heteroatoms. The average Bonchev–Trinajstić information content (AvgIpc) is 3.25. The minimum atomic E-state index is -0.947. The number of hydrogen-bond donors (Lipinski definition) is 2. The standard InChI is InChI=1S/C21H26N4O4/c1-13-23-17(10-18(24-13)19-3-2-8-29-19)16-12-25-7-6-14(16)9-15(25)11-22-20(26)4-5-21(27)28/h2-3,8,10,14-16H,4-7,9,11-12H2,1H3,(H,22,26)(H,27,28). The van der Waals surface area contributed by atoms with Crippen molar-refractivity contribution in [3.05, 3.63) is 36.0 Å². The van der Waals surface area contributed by atoms with Crippen molar-refractivity contribution in [3.8, 4) is 11.5 Å². The Hall–Kier alpha value is -2.74. The van der Waals surface area contributed by atoms with E-state index >= 15 is 0 Å². The number of aromatic nitrogens is 2. The molecule has 4 unspecified atom stereocenters. The summed E-state index contributed by atoms with van der Waals surface area (Å²) in [6.07, 6.45) is 3.67. The normalized spacial score (nSPS) is 25.7. The third-order valence-corrected chi connectivity index (χ3v) is 5.99. The second-order valence-corrected chi connectivity index (χ2v) is 7.94. The summed E-state index contributed by atoms with van der Waals surface area (Å²) >= 11 is 0. The Morgan fingerprint density at radius 2 is 2.21 bits per heavy atom. The van der Waals surface area contributed by atoms with E-state index in [1.807, 2.05) is 25.1 Å². The molecule has 29 heavy (non-hydrogen) atoms. The van der Waals surface area contributed by atoms with Gasteiger partial charge >= 0.3 is 5.97 Å². The fourth-order valence-electron chi connectivity index (χ4n) is 4.56. The Balaban J connectivity index is 1.41. The van der Waals surface area contributed by atoms with E-state index in [0.29, 0.717) is 24.4 Å². The summed E-state index contributed by atoms with van der Waals surface area (Å²) in [6.45, 7) is 4.41. The molecule has 4 atom stereocenters. The lowest BCUT2D eigenvalue weighted by Gasteiger charge is -2.49. The maximum absolute atomic E-state index is 11.9. The van der Waals surface area contributed by atoms with Gasteiger partial charge in [0.2, 0.25) is 5.91 Å². The molecule has 2 aromatic heterocycles. The SMILES string of the molecule is Cc1nc(-c2ccco2)cc(C2CN3CCC2CC3CNC(=O)CCC(=O)O)n1. The molecule has 1 amide bonds. The first kappa shape index (κ1) is 19.6. The highest BCUT2D eigenvalue weighted by Crippen LogP contribution is 2.41. The van der Waals surface area contributed by atoms with Crippen molar-refractivity contribution < 1.29 is 19.1 Å². The van der Waals surface area contributed by atoms with Gasteiger partial charge in [0, 0.05) is 37.2 Å². The van der Waals surface area contributed by atoms with E-state index in [2.05, 4.69) is 15.2 Å². The number of aryl methyl sites for hydroxylation is 1. The largest absolute Gasteiger partial charge is 0.481 e. The van der Waals surface area contributed by atoms with Gasteiger partial charge in [0.25, 0.3) is 0 Å². The molecule has 0 aliphatic carbocycles. The monoisotopic (exact) mass is 398 g/mol. The molecule has 5 heterocycles. The molecule has 2 aromatic rings. The molecule has 0 aromatic carbocycles. The van der Waals surface area contributed by atoms with E-state index in [1.54, 1.807) is 6.26 Å². The third-order valence-electron chi connectivity index (χ3n) is 5.99. The number of nitrogens with one attached hydrogen (secondary N) is 1. The van der Waals surface area contributed by atoms with Crippen LogP contribution in [0.5, 0.6) is 0 Å². The Morgan fingerprint density at radius 3 is 2.90 bits per heavy atom. The molecule has 2 bridgehead atoms. The Kier molecular flexibility index (Phi) is 5.62. The molecule has 3 fully saturated rings. The summed E-state index contributed by atoms with van der Waals surface area (Å²) in [5.74, 6) is 1.21. The van der Waals surface area contributed by atoms with Crippen LogP contribution < -0.4 is 5.32 Å². The first-order valence-electron chi connectivity index (χ1n) is 10.1. The first-order valence-corrected chi connectivity index (χ1v) is 10.1. The molecule has 3 aliphatic heterocycles. The number of carboxylic acid groups (broad SMARTS) is 1. The number of aliphatic carboxylic acids is 1. The molecular formula is C21H26N4O4. The van der Waals surface area contributed by atoms with Gasteiger partial charge in [0.15, 0.2) is 5.76 Å². The van der Waals surface area contributed by atoms with Crippen molar-refractivity contribution in [2.75, 3.05) is 19.6 Å². The molecule has 8 nitrogen and oxygen atoms in total. The Morgan fingerprint density at radius 1 is 1.34 bits per heavy atom.